The molecule has 0 saturated heterocycles. The van der Waals surface area contributed by atoms with Crippen molar-refractivity contribution in [2.24, 2.45) is 10.9 Å². The first kappa shape index (κ1) is 19.2. The van der Waals surface area contributed by atoms with Crippen LogP contribution in [0.5, 0.6) is 5.75 Å². The minimum Gasteiger partial charge on any atom is -0.494 e. The Labute approximate surface area is 161 Å². The molecule has 0 N–H and O–H groups in total. The molecule has 0 bridgehead atoms. The van der Waals surface area contributed by atoms with Crippen LogP contribution in [0.15, 0.2) is 53.5 Å². The zero-order chi connectivity index (χ0) is 19.1. The molecule has 4 heteroatoms. The van der Waals surface area contributed by atoms with Gasteiger partial charge in [0, 0.05) is 12.8 Å². The average Bonchev–Trinajstić information content (AvgIpc) is 3.03. The van der Waals surface area contributed by atoms with Crippen LogP contribution in [0.1, 0.15) is 45.6 Å². The number of fused-ring (bicyclic) bond motifs is 1. The van der Waals surface area contributed by atoms with Gasteiger partial charge in [-0.15, -0.1) is 0 Å². The van der Waals surface area contributed by atoms with Crippen LogP contribution in [0, 0.1) is 5.92 Å². The van der Waals surface area contributed by atoms with E-state index in [0.29, 0.717) is 5.92 Å². The zero-order valence-electron chi connectivity index (χ0n) is 16.6. The third kappa shape index (κ3) is 5.19. The van der Waals surface area contributed by atoms with Crippen LogP contribution in [-0.4, -0.2) is 22.4 Å². The van der Waals surface area contributed by atoms with Gasteiger partial charge >= 0.3 is 0 Å². The highest BCUT2D eigenvalue weighted by molar-refractivity contribution is 5.83. The predicted octanol–water partition coefficient (Wildman–Crippen LogP) is 6.01. The molecular weight excluding hydrogens is 334 g/mol. The lowest BCUT2D eigenvalue weighted by Crippen LogP contribution is -2.01. The standard InChI is InChI=1S/C23H29N3O/c1-4-5-15-26-22-9-7-6-8-21(22)25-23(26)24-17-19-10-12-20(13-11-19)27-16-14-18(2)3/h6-13,17-18H,4-5,14-16H2,1-3H3/b24-17+. The molecule has 0 aliphatic rings. The second kappa shape index (κ2) is 9.36. The maximum absolute atomic E-state index is 5.78. The van der Waals surface area contributed by atoms with Gasteiger partial charge in [-0.05, 0) is 60.7 Å². The summed E-state index contributed by atoms with van der Waals surface area (Å²) in [4.78, 5) is 9.36. The van der Waals surface area contributed by atoms with E-state index < -0.39 is 0 Å². The van der Waals surface area contributed by atoms with Gasteiger partial charge in [0.05, 0.1) is 17.6 Å². The van der Waals surface area contributed by atoms with E-state index in [2.05, 4.69) is 42.5 Å². The van der Waals surface area contributed by atoms with Crippen molar-refractivity contribution in [3.05, 3.63) is 54.1 Å². The maximum Gasteiger partial charge on any atom is 0.230 e. The number of hydrogen-bond donors (Lipinski definition) is 0. The molecule has 0 saturated carbocycles. The third-order valence-corrected chi connectivity index (χ3v) is 4.54. The fourth-order valence-corrected chi connectivity index (χ4v) is 2.89. The van der Waals surface area contributed by atoms with Gasteiger partial charge in [0.2, 0.25) is 5.95 Å². The Kier molecular flexibility index (Phi) is 6.64. The Morgan fingerprint density at radius 2 is 1.89 bits per heavy atom. The van der Waals surface area contributed by atoms with Gasteiger partial charge in [0.15, 0.2) is 0 Å². The summed E-state index contributed by atoms with van der Waals surface area (Å²) in [5.74, 6) is 2.33. The number of benzene rings is 2. The number of aryl methyl sites for hydroxylation is 1. The van der Waals surface area contributed by atoms with Gasteiger partial charge < -0.3 is 9.30 Å². The van der Waals surface area contributed by atoms with Crippen molar-refractivity contribution in [3.63, 3.8) is 0 Å². The number of rotatable bonds is 9. The number of nitrogens with zero attached hydrogens (tertiary/aromatic N) is 3. The molecule has 3 rings (SSSR count). The molecule has 0 fully saturated rings. The van der Waals surface area contributed by atoms with Crippen molar-refractivity contribution in [2.75, 3.05) is 6.61 Å². The first-order valence-electron chi connectivity index (χ1n) is 9.89. The first-order valence-corrected chi connectivity index (χ1v) is 9.89. The quantitative estimate of drug-likeness (QED) is 0.437. The number of aliphatic imine (C=N–C) groups is 1. The number of hydrogen-bond acceptors (Lipinski definition) is 3. The molecule has 0 amide bonds. The van der Waals surface area contributed by atoms with Gasteiger partial charge in [0.1, 0.15) is 5.75 Å². The summed E-state index contributed by atoms with van der Waals surface area (Å²) in [5, 5.41) is 0. The van der Waals surface area contributed by atoms with Gasteiger partial charge in [-0.2, -0.15) is 0 Å². The van der Waals surface area contributed by atoms with Crippen LogP contribution in [0.2, 0.25) is 0 Å². The van der Waals surface area contributed by atoms with Crippen molar-refractivity contribution in [3.8, 4) is 5.75 Å². The molecule has 27 heavy (non-hydrogen) atoms. The minimum absolute atomic E-state index is 0.656. The SMILES string of the molecule is CCCCn1c(/N=C/c2ccc(OCCC(C)C)cc2)nc2ccccc21. The molecule has 0 radical (unpaired) electrons. The lowest BCUT2D eigenvalue weighted by atomic mass is 10.1. The first-order chi connectivity index (χ1) is 13.2. The number of unbranched alkanes of at least 4 members (excludes halogenated alkanes) is 1. The lowest BCUT2D eigenvalue weighted by molar-refractivity contribution is 0.289. The molecule has 2 aromatic carbocycles. The summed E-state index contributed by atoms with van der Waals surface area (Å²) in [6, 6.07) is 16.3. The summed E-state index contributed by atoms with van der Waals surface area (Å²) in [5.41, 5.74) is 3.18. The van der Waals surface area contributed by atoms with Crippen LogP contribution in [0.25, 0.3) is 11.0 Å². The fraction of sp³-hybridized carbons (Fsp3) is 0.391. The number of aromatic nitrogens is 2. The maximum atomic E-state index is 5.78. The highest BCUT2D eigenvalue weighted by Gasteiger charge is 2.08. The largest absolute Gasteiger partial charge is 0.494 e. The summed E-state index contributed by atoms with van der Waals surface area (Å²) in [7, 11) is 0. The number of ether oxygens (including phenoxy) is 1. The van der Waals surface area contributed by atoms with E-state index >= 15 is 0 Å². The average molecular weight is 364 g/mol. The van der Waals surface area contributed by atoms with Crippen LogP contribution in [0.3, 0.4) is 0 Å². The van der Waals surface area contributed by atoms with Crippen molar-refractivity contribution in [2.45, 2.75) is 46.6 Å². The van der Waals surface area contributed by atoms with Crippen molar-refractivity contribution in [1.29, 1.82) is 0 Å². The Morgan fingerprint density at radius 3 is 2.63 bits per heavy atom. The molecule has 0 spiro atoms. The fourth-order valence-electron chi connectivity index (χ4n) is 2.89. The summed E-state index contributed by atoms with van der Waals surface area (Å²) < 4.78 is 7.98. The second-order valence-electron chi connectivity index (χ2n) is 7.26. The van der Waals surface area contributed by atoms with Gasteiger partial charge in [0.25, 0.3) is 0 Å². The van der Waals surface area contributed by atoms with E-state index in [4.69, 9.17) is 9.72 Å². The smallest absolute Gasteiger partial charge is 0.230 e. The summed E-state index contributed by atoms with van der Waals surface area (Å²) in [6.07, 6.45) is 5.21. The van der Waals surface area contributed by atoms with Crippen molar-refractivity contribution in [1.82, 2.24) is 9.55 Å². The van der Waals surface area contributed by atoms with Crippen LogP contribution >= 0.6 is 0 Å². The second-order valence-corrected chi connectivity index (χ2v) is 7.26. The third-order valence-electron chi connectivity index (χ3n) is 4.54. The molecule has 0 atom stereocenters. The van der Waals surface area contributed by atoms with Crippen LogP contribution in [-0.2, 0) is 6.54 Å². The highest BCUT2D eigenvalue weighted by Crippen LogP contribution is 2.22. The molecule has 1 aromatic heterocycles. The molecule has 142 valence electrons. The highest BCUT2D eigenvalue weighted by atomic mass is 16.5. The molecule has 1 heterocycles. The Hall–Kier alpha value is -2.62. The van der Waals surface area contributed by atoms with Crippen LogP contribution < -0.4 is 4.74 Å². The van der Waals surface area contributed by atoms with Gasteiger partial charge in [-0.3, -0.25) is 0 Å². The zero-order valence-corrected chi connectivity index (χ0v) is 16.6. The summed E-state index contributed by atoms with van der Waals surface area (Å²) in [6.45, 7) is 8.30. The minimum atomic E-state index is 0.656. The molecular formula is C23H29N3O. The van der Waals surface area contributed by atoms with E-state index in [0.717, 1.165) is 60.7 Å². The van der Waals surface area contributed by atoms with E-state index in [-0.39, 0.29) is 0 Å². The van der Waals surface area contributed by atoms with Gasteiger partial charge in [-0.1, -0.05) is 39.3 Å². The van der Waals surface area contributed by atoms with E-state index in [1.54, 1.807) is 0 Å². The predicted molar refractivity (Wildman–Crippen MR) is 113 cm³/mol. The van der Waals surface area contributed by atoms with Crippen molar-refractivity contribution < 1.29 is 4.74 Å². The molecule has 3 aromatic rings. The Morgan fingerprint density at radius 1 is 1.11 bits per heavy atom. The number of para-hydroxylation sites is 2. The van der Waals surface area contributed by atoms with E-state index in [9.17, 15) is 0 Å². The number of imidazole rings is 1. The molecule has 0 unspecified atom stereocenters. The Bertz CT molecular complexity index is 878. The van der Waals surface area contributed by atoms with E-state index in [1.807, 2.05) is 42.6 Å². The topological polar surface area (TPSA) is 39.4 Å². The van der Waals surface area contributed by atoms with Crippen LogP contribution in [0.4, 0.5) is 5.95 Å². The van der Waals surface area contributed by atoms with E-state index in [1.165, 1.54) is 0 Å². The molecule has 0 aliphatic heterocycles. The lowest BCUT2D eigenvalue weighted by Gasteiger charge is -2.08. The Balaban J connectivity index is 1.73. The van der Waals surface area contributed by atoms with Gasteiger partial charge in [-0.25, -0.2) is 9.98 Å². The monoisotopic (exact) mass is 363 g/mol. The molecule has 4 nitrogen and oxygen atoms in total. The molecule has 0 aliphatic carbocycles. The normalized spacial score (nSPS) is 11.7. The van der Waals surface area contributed by atoms with Crippen molar-refractivity contribution >= 4 is 23.2 Å². The summed E-state index contributed by atoms with van der Waals surface area (Å²) >= 11 is 0.